The van der Waals surface area contributed by atoms with Gasteiger partial charge in [-0.2, -0.15) is 4.31 Å². The molecule has 1 fully saturated rings. The van der Waals surface area contributed by atoms with Gasteiger partial charge in [-0.1, -0.05) is 17.7 Å². The maximum Gasteiger partial charge on any atom is 0.270 e. The molecule has 4 rings (SSSR count). The van der Waals surface area contributed by atoms with Crippen LogP contribution in [0, 0.1) is 6.92 Å². The molecule has 2 aliphatic heterocycles. The summed E-state index contributed by atoms with van der Waals surface area (Å²) in [5, 5.41) is 1.33. The number of aryl methyl sites for hydroxylation is 1. The first-order valence-corrected chi connectivity index (χ1v) is 9.92. The molecule has 1 aromatic heterocycles. The number of nitrogens with zero attached hydrogens (tertiary/aromatic N) is 4. The van der Waals surface area contributed by atoms with Crippen molar-refractivity contribution in [2.45, 2.75) is 30.8 Å². The lowest BCUT2D eigenvalue weighted by Gasteiger charge is -2.34. The maximum atomic E-state index is 13.1. The van der Waals surface area contributed by atoms with Gasteiger partial charge in [-0.05, 0) is 25.5 Å². The molecule has 0 aliphatic carbocycles. The minimum atomic E-state index is -3.71. The summed E-state index contributed by atoms with van der Waals surface area (Å²) in [5.41, 5.74) is 1.67. The predicted octanol–water partition coefficient (Wildman–Crippen LogP) is 1.10. The van der Waals surface area contributed by atoms with Crippen molar-refractivity contribution in [1.29, 1.82) is 0 Å². The predicted molar refractivity (Wildman–Crippen MR) is 92.3 cm³/mol. The van der Waals surface area contributed by atoms with E-state index < -0.39 is 16.1 Å². The van der Waals surface area contributed by atoms with Crippen molar-refractivity contribution in [2.75, 3.05) is 19.7 Å². The SMILES string of the molecule is Cc1ccc(S(=O)(=O)N2Cc3cncn3[C@H](C(=O)N3CCCO3)C2)cc1. The van der Waals surface area contributed by atoms with Gasteiger partial charge < -0.3 is 4.57 Å². The van der Waals surface area contributed by atoms with Crippen molar-refractivity contribution >= 4 is 15.9 Å². The average molecular weight is 376 g/mol. The van der Waals surface area contributed by atoms with Crippen LogP contribution in [0.3, 0.4) is 0 Å². The second-order valence-corrected chi connectivity index (χ2v) is 8.48. The Balaban J connectivity index is 1.66. The summed E-state index contributed by atoms with van der Waals surface area (Å²) >= 11 is 0. The molecule has 0 spiro atoms. The fourth-order valence-corrected chi connectivity index (χ4v) is 4.71. The number of aromatic nitrogens is 2. The highest BCUT2D eigenvalue weighted by atomic mass is 32.2. The van der Waals surface area contributed by atoms with Gasteiger partial charge in [-0.3, -0.25) is 9.63 Å². The van der Waals surface area contributed by atoms with Gasteiger partial charge in [-0.15, -0.1) is 0 Å². The van der Waals surface area contributed by atoms with E-state index in [1.165, 1.54) is 9.37 Å². The number of carbonyl (C=O) groups excluding carboxylic acids is 1. The first-order chi connectivity index (χ1) is 12.5. The molecule has 8 nitrogen and oxygen atoms in total. The Morgan fingerprint density at radius 3 is 2.73 bits per heavy atom. The molecule has 138 valence electrons. The van der Waals surface area contributed by atoms with E-state index in [4.69, 9.17) is 4.84 Å². The minimum absolute atomic E-state index is 0.0538. The van der Waals surface area contributed by atoms with Crippen molar-refractivity contribution in [1.82, 2.24) is 18.9 Å². The van der Waals surface area contributed by atoms with Crippen molar-refractivity contribution in [3.63, 3.8) is 0 Å². The third-order valence-corrected chi connectivity index (χ3v) is 6.57. The minimum Gasteiger partial charge on any atom is -0.319 e. The highest BCUT2D eigenvalue weighted by molar-refractivity contribution is 7.89. The summed E-state index contributed by atoms with van der Waals surface area (Å²) < 4.78 is 29.2. The van der Waals surface area contributed by atoms with Crippen molar-refractivity contribution in [3.8, 4) is 0 Å². The van der Waals surface area contributed by atoms with Crippen LogP contribution in [-0.2, 0) is 26.2 Å². The number of hydrogen-bond donors (Lipinski definition) is 0. The van der Waals surface area contributed by atoms with Crippen molar-refractivity contribution in [3.05, 3.63) is 48.0 Å². The van der Waals surface area contributed by atoms with Crippen LogP contribution in [0.25, 0.3) is 0 Å². The zero-order valence-electron chi connectivity index (χ0n) is 14.4. The van der Waals surface area contributed by atoms with E-state index in [0.717, 1.165) is 12.0 Å². The number of sulfonamides is 1. The zero-order valence-corrected chi connectivity index (χ0v) is 15.2. The van der Waals surface area contributed by atoms with Gasteiger partial charge in [0.05, 0.1) is 36.6 Å². The van der Waals surface area contributed by atoms with Gasteiger partial charge in [0, 0.05) is 12.7 Å². The molecule has 1 saturated heterocycles. The Hall–Kier alpha value is -2.23. The first-order valence-electron chi connectivity index (χ1n) is 8.48. The molecule has 0 saturated carbocycles. The second kappa shape index (κ2) is 6.49. The summed E-state index contributed by atoms with van der Waals surface area (Å²) in [5.74, 6) is -0.245. The fraction of sp³-hybridized carbons (Fsp3) is 0.412. The Morgan fingerprint density at radius 2 is 2.04 bits per heavy atom. The zero-order chi connectivity index (χ0) is 18.3. The largest absolute Gasteiger partial charge is 0.319 e. The molecule has 2 aromatic rings. The lowest BCUT2D eigenvalue weighted by molar-refractivity contribution is -0.173. The van der Waals surface area contributed by atoms with E-state index in [1.54, 1.807) is 41.4 Å². The maximum absolute atomic E-state index is 13.1. The van der Waals surface area contributed by atoms with Crippen LogP contribution in [0.5, 0.6) is 0 Å². The van der Waals surface area contributed by atoms with Crippen LogP contribution >= 0.6 is 0 Å². The fourth-order valence-electron chi connectivity index (χ4n) is 3.29. The van der Waals surface area contributed by atoms with Gasteiger partial charge in [0.1, 0.15) is 6.04 Å². The smallest absolute Gasteiger partial charge is 0.270 e. The summed E-state index contributed by atoms with van der Waals surface area (Å²) in [7, 11) is -3.71. The standard InChI is InChI=1S/C17H20N4O4S/c1-13-3-5-15(6-4-13)26(23,24)19-10-14-9-18-12-20(14)16(11-19)17(22)21-7-2-8-25-21/h3-6,9,12,16H,2,7-8,10-11H2,1H3/t16-/m0/s1. The van der Waals surface area contributed by atoms with E-state index in [9.17, 15) is 13.2 Å². The highest BCUT2D eigenvalue weighted by Crippen LogP contribution is 2.28. The van der Waals surface area contributed by atoms with Gasteiger partial charge in [0.25, 0.3) is 5.91 Å². The van der Waals surface area contributed by atoms with Crippen molar-refractivity contribution in [2.24, 2.45) is 0 Å². The number of hydroxylamine groups is 2. The van der Waals surface area contributed by atoms with Crippen LogP contribution < -0.4 is 0 Å². The molecule has 9 heteroatoms. The molecular formula is C17H20N4O4S. The van der Waals surface area contributed by atoms with E-state index >= 15 is 0 Å². The van der Waals surface area contributed by atoms with E-state index in [0.29, 0.717) is 18.8 Å². The Kier molecular flexibility index (Phi) is 4.29. The Morgan fingerprint density at radius 1 is 1.27 bits per heavy atom. The molecule has 0 radical (unpaired) electrons. The topological polar surface area (TPSA) is 84.7 Å². The second-order valence-electron chi connectivity index (χ2n) is 6.55. The summed E-state index contributed by atoms with van der Waals surface area (Å²) in [4.78, 5) is 22.5. The first kappa shape index (κ1) is 17.2. The van der Waals surface area contributed by atoms with Gasteiger partial charge in [-0.25, -0.2) is 18.5 Å². The van der Waals surface area contributed by atoms with Crippen LogP contribution in [-0.4, -0.2) is 52.9 Å². The number of fused-ring (bicyclic) bond motifs is 1. The lowest BCUT2D eigenvalue weighted by atomic mass is 10.2. The molecule has 1 atom stereocenters. The van der Waals surface area contributed by atoms with Gasteiger partial charge >= 0.3 is 0 Å². The molecule has 2 aliphatic rings. The van der Waals surface area contributed by atoms with Crippen LogP contribution in [0.4, 0.5) is 0 Å². The molecule has 1 aromatic carbocycles. The molecule has 0 bridgehead atoms. The third-order valence-electron chi connectivity index (χ3n) is 4.74. The van der Waals surface area contributed by atoms with Crippen molar-refractivity contribution < 1.29 is 18.0 Å². The van der Waals surface area contributed by atoms with Crippen LogP contribution in [0.2, 0.25) is 0 Å². The number of hydrogen-bond acceptors (Lipinski definition) is 5. The molecule has 1 amide bonds. The molecule has 3 heterocycles. The van der Waals surface area contributed by atoms with E-state index in [1.807, 2.05) is 6.92 Å². The third kappa shape index (κ3) is 2.91. The lowest BCUT2D eigenvalue weighted by Crippen LogP contribution is -2.46. The van der Waals surface area contributed by atoms with Crippen LogP contribution in [0.1, 0.15) is 23.7 Å². The van der Waals surface area contributed by atoms with Gasteiger partial charge in [0.15, 0.2) is 0 Å². The monoisotopic (exact) mass is 376 g/mol. The van der Waals surface area contributed by atoms with E-state index in [2.05, 4.69) is 4.98 Å². The molecule has 26 heavy (non-hydrogen) atoms. The molecule has 0 unspecified atom stereocenters. The number of carbonyl (C=O) groups is 1. The molecular weight excluding hydrogens is 356 g/mol. The number of amides is 1. The highest BCUT2D eigenvalue weighted by Gasteiger charge is 2.39. The number of imidazole rings is 1. The summed E-state index contributed by atoms with van der Waals surface area (Å²) in [6.07, 6.45) is 3.95. The average Bonchev–Trinajstić information content (AvgIpc) is 3.32. The van der Waals surface area contributed by atoms with Crippen LogP contribution in [0.15, 0.2) is 41.7 Å². The number of benzene rings is 1. The normalized spacial score (nSPS) is 21.0. The Bertz CT molecular complexity index is 916. The van der Waals surface area contributed by atoms with E-state index in [-0.39, 0.29) is 23.9 Å². The molecule has 0 N–H and O–H groups in total. The van der Waals surface area contributed by atoms with Gasteiger partial charge in [0.2, 0.25) is 10.0 Å². The number of rotatable bonds is 3. The summed E-state index contributed by atoms with van der Waals surface area (Å²) in [6, 6.07) is 6.04. The summed E-state index contributed by atoms with van der Waals surface area (Å²) in [6.45, 7) is 3.16. The quantitative estimate of drug-likeness (QED) is 0.801. The Labute approximate surface area is 152 Å².